The smallest absolute Gasteiger partial charge is 0.340 e. The molecule has 0 saturated carbocycles. The van der Waals surface area contributed by atoms with Crippen molar-refractivity contribution < 1.29 is 9.53 Å². The largest absolute Gasteiger partial charge is 0.456 e. The standard InChI is InChI=1S/C22H23NO2/c1-16-19(21(24)25-22(2,3)4)15-20(17-11-7-5-8-12-17)23(16)18-13-9-6-10-14-18/h5-15H,1-4H3. The Balaban J connectivity index is 2.17. The lowest BCUT2D eigenvalue weighted by molar-refractivity contribution is 0.00688. The number of aromatic nitrogens is 1. The van der Waals surface area contributed by atoms with E-state index in [4.69, 9.17) is 4.74 Å². The van der Waals surface area contributed by atoms with Crippen molar-refractivity contribution in [3.05, 3.63) is 78.0 Å². The third kappa shape index (κ3) is 3.66. The van der Waals surface area contributed by atoms with Gasteiger partial charge in [-0.05, 0) is 51.5 Å². The van der Waals surface area contributed by atoms with Crippen molar-refractivity contribution in [3.8, 4) is 16.9 Å². The van der Waals surface area contributed by atoms with Gasteiger partial charge in [-0.25, -0.2) is 4.79 Å². The molecule has 0 fully saturated rings. The highest BCUT2D eigenvalue weighted by molar-refractivity contribution is 5.93. The molecule has 3 heteroatoms. The topological polar surface area (TPSA) is 31.2 Å². The molecule has 0 aliphatic rings. The summed E-state index contributed by atoms with van der Waals surface area (Å²) >= 11 is 0. The van der Waals surface area contributed by atoms with Crippen LogP contribution in [0.15, 0.2) is 66.7 Å². The highest BCUT2D eigenvalue weighted by Gasteiger charge is 2.24. The molecule has 2 aromatic carbocycles. The summed E-state index contributed by atoms with van der Waals surface area (Å²) in [7, 11) is 0. The molecule has 0 bridgehead atoms. The van der Waals surface area contributed by atoms with E-state index in [2.05, 4.69) is 4.57 Å². The molecule has 0 amide bonds. The number of carbonyl (C=O) groups is 1. The summed E-state index contributed by atoms with van der Waals surface area (Å²) in [5.41, 5.74) is 4.01. The van der Waals surface area contributed by atoms with Crippen LogP contribution in [0, 0.1) is 6.92 Å². The fourth-order valence-corrected chi connectivity index (χ4v) is 2.88. The third-order valence-corrected chi connectivity index (χ3v) is 3.95. The Morgan fingerprint density at radius 1 is 0.920 bits per heavy atom. The zero-order valence-electron chi connectivity index (χ0n) is 15.1. The van der Waals surface area contributed by atoms with Gasteiger partial charge in [0.1, 0.15) is 5.60 Å². The van der Waals surface area contributed by atoms with Crippen molar-refractivity contribution in [2.24, 2.45) is 0 Å². The molecule has 0 N–H and O–H groups in total. The Hall–Kier alpha value is -2.81. The molecular formula is C22H23NO2. The first-order valence-electron chi connectivity index (χ1n) is 8.43. The number of hydrogen-bond donors (Lipinski definition) is 0. The summed E-state index contributed by atoms with van der Waals surface area (Å²) in [6.45, 7) is 7.60. The Bertz CT molecular complexity index is 872. The van der Waals surface area contributed by atoms with Gasteiger partial charge in [0, 0.05) is 11.4 Å². The number of carbonyl (C=O) groups excluding carboxylic acids is 1. The van der Waals surface area contributed by atoms with Crippen LogP contribution in [0.2, 0.25) is 0 Å². The van der Waals surface area contributed by atoms with E-state index in [1.807, 2.05) is 94.4 Å². The Morgan fingerprint density at radius 3 is 2.04 bits per heavy atom. The van der Waals surface area contributed by atoms with E-state index in [9.17, 15) is 4.79 Å². The second-order valence-corrected chi connectivity index (χ2v) is 7.07. The van der Waals surface area contributed by atoms with Gasteiger partial charge in [-0.15, -0.1) is 0 Å². The number of benzene rings is 2. The summed E-state index contributed by atoms with van der Waals surface area (Å²) in [5, 5.41) is 0. The van der Waals surface area contributed by atoms with E-state index >= 15 is 0 Å². The van der Waals surface area contributed by atoms with E-state index in [0.717, 1.165) is 22.6 Å². The molecule has 0 aliphatic carbocycles. The zero-order valence-corrected chi connectivity index (χ0v) is 15.1. The highest BCUT2D eigenvalue weighted by atomic mass is 16.6. The summed E-state index contributed by atoms with van der Waals surface area (Å²) in [6.07, 6.45) is 0. The number of nitrogens with zero attached hydrogens (tertiary/aromatic N) is 1. The number of rotatable bonds is 3. The molecule has 0 unspecified atom stereocenters. The van der Waals surface area contributed by atoms with Crippen LogP contribution in [-0.4, -0.2) is 16.1 Å². The van der Waals surface area contributed by atoms with Crippen molar-refractivity contribution >= 4 is 5.97 Å². The SMILES string of the molecule is Cc1c(C(=O)OC(C)(C)C)cc(-c2ccccc2)n1-c1ccccc1. The van der Waals surface area contributed by atoms with E-state index < -0.39 is 5.60 Å². The van der Waals surface area contributed by atoms with Gasteiger partial charge in [0.2, 0.25) is 0 Å². The monoisotopic (exact) mass is 333 g/mol. The van der Waals surface area contributed by atoms with E-state index in [1.54, 1.807) is 0 Å². The number of ether oxygens (including phenoxy) is 1. The molecule has 25 heavy (non-hydrogen) atoms. The summed E-state index contributed by atoms with van der Waals surface area (Å²) in [4.78, 5) is 12.7. The lowest BCUT2D eigenvalue weighted by atomic mass is 10.1. The Labute approximate surface area is 148 Å². The minimum absolute atomic E-state index is 0.295. The van der Waals surface area contributed by atoms with Crippen LogP contribution in [0.5, 0.6) is 0 Å². The molecule has 128 valence electrons. The molecule has 3 aromatic rings. The van der Waals surface area contributed by atoms with E-state index in [0.29, 0.717) is 5.56 Å². The average molecular weight is 333 g/mol. The van der Waals surface area contributed by atoms with Gasteiger partial charge in [-0.1, -0.05) is 48.5 Å². The maximum absolute atomic E-state index is 12.7. The van der Waals surface area contributed by atoms with Crippen molar-refractivity contribution in [3.63, 3.8) is 0 Å². The predicted molar refractivity (Wildman–Crippen MR) is 101 cm³/mol. The molecule has 3 rings (SSSR count). The van der Waals surface area contributed by atoms with Crippen LogP contribution in [0.25, 0.3) is 16.9 Å². The van der Waals surface area contributed by atoms with Gasteiger partial charge < -0.3 is 9.30 Å². The number of esters is 1. The van der Waals surface area contributed by atoms with Gasteiger partial charge in [0.15, 0.2) is 0 Å². The Kier molecular flexibility index (Phi) is 4.49. The quantitative estimate of drug-likeness (QED) is 0.600. The molecule has 3 nitrogen and oxygen atoms in total. The highest BCUT2D eigenvalue weighted by Crippen LogP contribution is 2.30. The van der Waals surface area contributed by atoms with Crippen LogP contribution < -0.4 is 0 Å². The van der Waals surface area contributed by atoms with Crippen LogP contribution in [0.3, 0.4) is 0 Å². The summed E-state index contributed by atoms with van der Waals surface area (Å²) in [6, 6.07) is 22.1. The van der Waals surface area contributed by atoms with Gasteiger partial charge in [0.05, 0.1) is 11.3 Å². The van der Waals surface area contributed by atoms with Crippen LogP contribution in [-0.2, 0) is 4.74 Å². The lowest BCUT2D eigenvalue weighted by Crippen LogP contribution is -2.24. The number of hydrogen-bond acceptors (Lipinski definition) is 2. The first-order chi connectivity index (χ1) is 11.9. The second-order valence-electron chi connectivity index (χ2n) is 7.07. The van der Waals surface area contributed by atoms with Crippen LogP contribution in [0.4, 0.5) is 0 Å². The zero-order chi connectivity index (χ0) is 18.0. The average Bonchev–Trinajstić information content (AvgIpc) is 2.92. The fraction of sp³-hybridized carbons (Fsp3) is 0.227. The minimum Gasteiger partial charge on any atom is -0.456 e. The molecule has 0 saturated heterocycles. The van der Waals surface area contributed by atoms with Crippen molar-refractivity contribution in [2.75, 3.05) is 0 Å². The second kappa shape index (κ2) is 6.60. The van der Waals surface area contributed by atoms with Gasteiger partial charge in [-0.2, -0.15) is 0 Å². The summed E-state index contributed by atoms with van der Waals surface area (Å²) < 4.78 is 7.70. The third-order valence-electron chi connectivity index (χ3n) is 3.95. The fourth-order valence-electron chi connectivity index (χ4n) is 2.88. The van der Waals surface area contributed by atoms with Crippen molar-refractivity contribution in [1.82, 2.24) is 4.57 Å². The maximum atomic E-state index is 12.7. The predicted octanol–water partition coefficient (Wildman–Crippen LogP) is 5.41. The van der Waals surface area contributed by atoms with Crippen molar-refractivity contribution in [1.29, 1.82) is 0 Å². The van der Waals surface area contributed by atoms with Crippen molar-refractivity contribution in [2.45, 2.75) is 33.3 Å². The summed E-state index contributed by atoms with van der Waals surface area (Å²) in [5.74, 6) is -0.295. The Morgan fingerprint density at radius 2 is 1.48 bits per heavy atom. The van der Waals surface area contributed by atoms with Crippen LogP contribution >= 0.6 is 0 Å². The van der Waals surface area contributed by atoms with Gasteiger partial charge in [-0.3, -0.25) is 0 Å². The maximum Gasteiger partial charge on any atom is 0.340 e. The molecule has 0 radical (unpaired) electrons. The first-order valence-corrected chi connectivity index (χ1v) is 8.43. The van der Waals surface area contributed by atoms with E-state index in [-0.39, 0.29) is 5.97 Å². The van der Waals surface area contributed by atoms with Gasteiger partial charge in [0.25, 0.3) is 0 Å². The van der Waals surface area contributed by atoms with Gasteiger partial charge >= 0.3 is 5.97 Å². The van der Waals surface area contributed by atoms with Crippen LogP contribution in [0.1, 0.15) is 36.8 Å². The molecular weight excluding hydrogens is 310 g/mol. The lowest BCUT2D eigenvalue weighted by Gasteiger charge is -2.19. The minimum atomic E-state index is -0.523. The number of para-hydroxylation sites is 1. The van der Waals surface area contributed by atoms with E-state index in [1.165, 1.54) is 0 Å². The molecule has 1 aromatic heterocycles. The molecule has 0 spiro atoms. The molecule has 1 heterocycles. The normalized spacial score (nSPS) is 11.4. The molecule has 0 aliphatic heterocycles. The first kappa shape index (κ1) is 17.0. The molecule has 0 atom stereocenters.